The second-order valence-electron chi connectivity index (χ2n) is 10.3. The van der Waals surface area contributed by atoms with Gasteiger partial charge in [0, 0.05) is 6.07 Å². The van der Waals surface area contributed by atoms with E-state index in [1.165, 1.54) is 21.5 Å². The third-order valence-corrected chi connectivity index (χ3v) is 9.44. The number of phosphoric ester groups is 2. The molecule has 2 unspecified atom stereocenters. The minimum absolute atomic E-state index is 0.0342. The smallest absolute Gasteiger partial charge is 0.387 e. The molecule has 0 radical (unpaired) electrons. The van der Waals surface area contributed by atoms with E-state index in [0.29, 0.717) is 0 Å². The molecule has 0 amide bonds. The average Bonchev–Trinajstić information content (AvgIpc) is 3.72. The number of nitrogens with two attached hydrogens (primary N) is 2. The van der Waals surface area contributed by atoms with E-state index in [4.69, 9.17) is 39.0 Å². The summed E-state index contributed by atoms with van der Waals surface area (Å²) in [6.07, 6.45) is -8.95. The van der Waals surface area contributed by atoms with Gasteiger partial charge in [0.15, 0.2) is 29.4 Å². The number of anilines is 2. The SMILES string of the molecule is Nc1cc2c(ncn2[C@@H]2O[C@@H]3COP(=O)(O)O[C@H]4[C@@H](O)[C@H](n5cnc6c(N)ncnc65)O[C@@H]4COP(=O)(O)O[C@@H]2[C@@H]3O)c(=O)[nH]1. The first-order chi connectivity index (χ1) is 21.3. The van der Waals surface area contributed by atoms with Crippen LogP contribution < -0.4 is 17.0 Å². The Morgan fingerprint density at radius 3 is 2.24 bits per heavy atom. The van der Waals surface area contributed by atoms with Crippen LogP contribution in [0.1, 0.15) is 12.5 Å². The first-order valence-corrected chi connectivity index (χ1v) is 16.1. The molecular formula is C21H25N9O13P2. The minimum atomic E-state index is -5.09. The number of fused-ring (bicyclic) bond motifs is 5. The van der Waals surface area contributed by atoms with E-state index in [0.717, 1.165) is 12.7 Å². The molecule has 0 spiro atoms. The number of nitrogens with one attached hydrogen (secondary N) is 1. The van der Waals surface area contributed by atoms with Gasteiger partial charge in [-0.15, -0.1) is 0 Å². The van der Waals surface area contributed by atoms with Crippen LogP contribution in [0.4, 0.5) is 11.6 Å². The number of aromatic amines is 1. The fourth-order valence-electron chi connectivity index (χ4n) is 5.43. The van der Waals surface area contributed by atoms with Crippen molar-refractivity contribution in [2.24, 2.45) is 0 Å². The molecule has 3 fully saturated rings. The lowest BCUT2D eigenvalue weighted by Crippen LogP contribution is -2.36. The van der Waals surface area contributed by atoms with E-state index in [-0.39, 0.29) is 33.8 Å². The Morgan fingerprint density at radius 2 is 1.49 bits per heavy atom. The number of nitrogen functional groups attached to an aromatic ring is 2. The summed E-state index contributed by atoms with van der Waals surface area (Å²) in [7, 11) is -10.1. The number of H-pyrrole nitrogens is 1. The van der Waals surface area contributed by atoms with Gasteiger partial charge in [-0.2, -0.15) is 0 Å². The van der Waals surface area contributed by atoms with Crippen LogP contribution >= 0.6 is 15.6 Å². The Hall–Kier alpha value is -3.37. The molecule has 9 N–H and O–H groups in total. The van der Waals surface area contributed by atoms with E-state index in [1.807, 2.05) is 0 Å². The van der Waals surface area contributed by atoms with Crippen molar-refractivity contribution >= 4 is 49.5 Å². The van der Waals surface area contributed by atoms with Crippen LogP contribution in [0.5, 0.6) is 0 Å². The van der Waals surface area contributed by atoms with Crippen molar-refractivity contribution in [3.05, 3.63) is 35.4 Å². The highest BCUT2D eigenvalue weighted by Crippen LogP contribution is 2.53. The molecule has 0 saturated carbocycles. The summed E-state index contributed by atoms with van der Waals surface area (Å²) in [5.74, 6) is 0.00402. The Kier molecular flexibility index (Phi) is 7.32. The first-order valence-electron chi connectivity index (χ1n) is 13.1. The molecule has 24 heteroatoms. The van der Waals surface area contributed by atoms with Crippen molar-refractivity contribution in [3.63, 3.8) is 0 Å². The highest BCUT2D eigenvalue weighted by atomic mass is 31.2. The lowest BCUT2D eigenvalue weighted by Gasteiger charge is -2.26. The fourth-order valence-corrected chi connectivity index (χ4v) is 7.33. The molecule has 3 aliphatic heterocycles. The predicted octanol–water partition coefficient (Wildman–Crippen LogP) is -1.74. The summed E-state index contributed by atoms with van der Waals surface area (Å²) in [5.41, 5.74) is 11.3. The summed E-state index contributed by atoms with van der Waals surface area (Å²) >= 11 is 0. The summed E-state index contributed by atoms with van der Waals surface area (Å²) in [6.45, 7) is -1.62. The van der Waals surface area contributed by atoms with Crippen molar-refractivity contribution in [3.8, 4) is 0 Å². The summed E-state index contributed by atoms with van der Waals surface area (Å²) in [4.78, 5) is 52.0. The zero-order valence-electron chi connectivity index (χ0n) is 22.5. The van der Waals surface area contributed by atoms with E-state index < -0.39 is 83.5 Å². The van der Waals surface area contributed by atoms with Crippen molar-refractivity contribution in [1.29, 1.82) is 0 Å². The zero-order valence-corrected chi connectivity index (χ0v) is 24.3. The Labute approximate surface area is 249 Å². The summed E-state index contributed by atoms with van der Waals surface area (Å²) in [5, 5.41) is 22.2. The molecule has 2 bridgehead atoms. The highest BCUT2D eigenvalue weighted by Gasteiger charge is 2.53. The number of aliphatic hydroxyl groups is 2. The van der Waals surface area contributed by atoms with Crippen molar-refractivity contribution in [2.45, 2.75) is 49.1 Å². The first kappa shape index (κ1) is 30.3. The van der Waals surface area contributed by atoms with Crippen LogP contribution in [-0.2, 0) is 36.7 Å². The molecule has 242 valence electrons. The number of hydrogen-bond acceptors (Lipinski definition) is 17. The van der Waals surface area contributed by atoms with Gasteiger partial charge in [0.25, 0.3) is 5.56 Å². The number of phosphoric acid groups is 2. The van der Waals surface area contributed by atoms with Crippen molar-refractivity contribution < 1.29 is 56.7 Å². The van der Waals surface area contributed by atoms with Crippen LogP contribution in [0.15, 0.2) is 29.8 Å². The average molecular weight is 673 g/mol. The Morgan fingerprint density at radius 1 is 0.844 bits per heavy atom. The van der Waals surface area contributed by atoms with Gasteiger partial charge in [0.2, 0.25) is 0 Å². The van der Waals surface area contributed by atoms with Gasteiger partial charge in [0.1, 0.15) is 54.3 Å². The third kappa shape index (κ3) is 5.33. The second kappa shape index (κ2) is 10.9. The van der Waals surface area contributed by atoms with E-state index in [1.54, 1.807) is 0 Å². The number of hydrogen-bond donors (Lipinski definition) is 7. The maximum absolute atomic E-state index is 13.2. The highest BCUT2D eigenvalue weighted by molar-refractivity contribution is 7.47. The van der Waals surface area contributed by atoms with Crippen LogP contribution in [0, 0.1) is 0 Å². The van der Waals surface area contributed by atoms with Gasteiger partial charge in [-0.1, -0.05) is 0 Å². The van der Waals surface area contributed by atoms with Crippen molar-refractivity contribution in [1.82, 2.24) is 34.1 Å². The zero-order chi connectivity index (χ0) is 31.8. The number of aromatic nitrogens is 7. The number of rotatable bonds is 2. The number of imidazole rings is 2. The lowest BCUT2D eigenvalue weighted by molar-refractivity contribution is -0.0671. The number of pyridine rings is 1. The predicted molar refractivity (Wildman–Crippen MR) is 146 cm³/mol. The largest absolute Gasteiger partial charge is 0.472 e. The molecular weight excluding hydrogens is 648 g/mol. The van der Waals surface area contributed by atoms with Crippen LogP contribution in [0.25, 0.3) is 22.2 Å². The molecule has 4 aromatic heterocycles. The second-order valence-corrected chi connectivity index (χ2v) is 13.1. The number of nitrogens with zero attached hydrogens (tertiary/aromatic N) is 6. The van der Waals surface area contributed by atoms with Gasteiger partial charge in [-0.3, -0.25) is 27.5 Å². The molecule has 3 aliphatic rings. The molecule has 0 aromatic carbocycles. The minimum Gasteiger partial charge on any atom is -0.387 e. The van der Waals surface area contributed by atoms with Gasteiger partial charge in [-0.25, -0.2) is 29.1 Å². The monoisotopic (exact) mass is 673 g/mol. The molecule has 0 aliphatic carbocycles. The van der Waals surface area contributed by atoms with E-state index in [9.17, 15) is 33.9 Å². The third-order valence-electron chi connectivity index (χ3n) is 7.47. The number of aliphatic hydroxyl groups excluding tert-OH is 2. The van der Waals surface area contributed by atoms with E-state index in [2.05, 4.69) is 24.9 Å². The standard InChI is InChI=1S/C21H25N9O13P2/c22-10-1-7-11(19(33)28-10)26-5-29(7)21-16-13(31)8(40-21)2-38-44(34,35)42-15-9(3-39-45(36,37)43-16)41-20(14(15)32)30-6-27-12-17(23)24-4-25-18(12)30/h1,4-6,8-9,13-16,20-21,31-32H,2-3H2,(H,34,35)(H,36,37)(H3,22,28,33)(H2,23,24,25)/t8-,9-,13-,14-,15-,16-,20-,21-/m1/s1. The summed E-state index contributed by atoms with van der Waals surface area (Å²) in [6, 6.07) is 1.34. The molecule has 3 saturated heterocycles. The lowest BCUT2D eigenvalue weighted by atomic mass is 10.1. The van der Waals surface area contributed by atoms with Gasteiger partial charge < -0.3 is 50.5 Å². The van der Waals surface area contributed by atoms with Gasteiger partial charge in [-0.05, 0) is 0 Å². The maximum Gasteiger partial charge on any atom is 0.472 e. The maximum atomic E-state index is 13.2. The summed E-state index contributed by atoms with van der Waals surface area (Å²) < 4.78 is 61.3. The molecule has 10 atom stereocenters. The van der Waals surface area contributed by atoms with Crippen molar-refractivity contribution in [2.75, 3.05) is 24.7 Å². The van der Waals surface area contributed by atoms with Crippen LogP contribution in [-0.4, -0.2) is 104 Å². The normalized spacial score (nSPS) is 37.7. The van der Waals surface area contributed by atoms with Crippen LogP contribution in [0.2, 0.25) is 0 Å². The topological polar surface area (TPSA) is 317 Å². The fraction of sp³-hybridized carbons (Fsp3) is 0.476. The molecule has 22 nitrogen and oxygen atoms in total. The van der Waals surface area contributed by atoms with E-state index >= 15 is 0 Å². The molecule has 7 rings (SSSR count). The Balaban J connectivity index is 1.21. The quantitative estimate of drug-likeness (QED) is 0.116. The van der Waals surface area contributed by atoms with Gasteiger partial charge >= 0.3 is 15.6 Å². The van der Waals surface area contributed by atoms with Crippen LogP contribution in [0.3, 0.4) is 0 Å². The molecule has 7 heterocycles. The Bertz CT molecular complexity index is 1930. The van der Waals surface area contributed by atoms with Gasteiger partial charge in [0.05, 0.1) is 31.4 Å². The molecule has 45 heavy (non-hydrogen) atoms. The molecule has 4 aromatic rings. The number of ether oxygens (including phenoxy) is 2.